The summed E-state index contributed by atoms with van der Waals surface area (Å²) in [5, 5.41) is 3.40. The van der Waals surface area contributed by atoms with Gasteiger partial charge in [-0.25, -0.2) is 0 Å². The summed E-state index contributed by atoms with van der Waals surface area (Å²) in [6.45, 7) is 3.86. The van der Waals surface area contributed by atoms with E-state index in [0.717, 1.165) is 51.4 Å². The molecule has 1 aliphatic heterocycles. The van der Waals surface area contributed by atoms with E-state index in [2.05, 4.69) is 34.2 Å². The number of aliphatic imine (C=N–C) groups is 1. The molecule has 1 rings (SSSR count). The van der Waals surface area contributed by atoms with Crippen LogP contribution in [0.4, 0.5) is 0 Å². The third-order valence-electron chi connectivity index (χ3n) is 3.59. The molecule has 0 bridgehead atoms. The van der Waals surface area contributed by atoms with E-state index in [1.54, 1.807) is 0 Å². The van der Waals surface area contributed by atoms with Crippen LogP contribution in [0.5, 0.6) is 0 Å². The van der Waals surface area contributed by atoms with E-state index < -0.39 is 0 Å². The summed E-state index contributed by atoms with van der Waals surface area (Å²) in [5.41, 5.74) is 5.30. The van der Waals surface area contributed by atoms with Gasteiger partial charge in [-0.3, -0.25) is 9.79 Å². The SMILES string of the molecule is CN=C(NCCCN(C)C)N1CCCC(CC(N)=O)C1. The van der Waals surface area contributed by atoms with E-state index in [0.29, 0.717) is 12.3 Å². The van der Waals surface area contributed by atoms with Crippen LogP contribution in [-0.4, -0.2) is 69.0 Å². The predicted molar refractivity (Wildman–Crippen MR) is 82.6 cm³/mol. The zero-order valence-electron chi connectivity index (χ0n) is 13.1. The Kier molecular flexibility index (Phi) is 7.36. The van der Waals surface area contributed by atoms with Gasteiger partial charge in [-0.2, -0.15) is 0 Å². The third kappa shape index (κ3) is 6.23. The maximum absolute atomic E-state index is 11.0. The highest BCUT2D eigenvalue weighted by atomic mass is 16.1. The largest absolute Gasteiger partial charge is 0.370 e. The van der Waals surface area contributed by atoms with Crippen LogP contribution < -0.4 is 11.1 Å². The average Bonchev–Trinajstić information content (AvgIpc) is 2.38. The number of primary amides is 1. The number of carbonyl (C=O) groups excluding carboxylic acids is 1. The molecule has 0 radical (unpaired) electrons. The van der Waals surface area contributed by atoms with Crippen LogP contribution in [0.1, 0.15) is 25.7 Å². The Morgan fingerprint density at radius 2 is 2.25 bits per heavy atom. The Bertz CT molecular complexity index is 330. The third-order valence-corrected chi connectivity index (χ3v) is 3.59. The molecule has 0 saturated carbocycles. The molecule has 1 amide bonds. The number of carbonyl (C=O) groups is 1. The lowest BCUT2D eigenvalue weighted by atomic mass is 9.95. The second-order valence-corrected chi connectivity index (χ2v) is 5.76. The first-order valence-corrected chi connectivity index (χ1v) is 7.41. The van der Waals surface area contributed by atoms with Crippen molar-refractivity contribution >= 4 is 11.9 Å². The maximum Gasteiger partial charge on any atom is 0.217 e. The number of amides is 1. The summed E-state index contributed by atoms with van der Waals surface area (Å²) in [5.74, 6) is 1.10. The minimum atomic E-state index is -0.203. The second kappa shape index (κ2) is 8.79. The van der Waals surface area contributed by atoms with E-state index in [9.17, 15) is 4.79 Å². The van der Waals surface area contributed by atoms with Crippen molar-refractivity contribution in [1.29, 1.82) is 0 Å². The van der Waals surface area contributed by atoms with Crippen LogP contribution in [-0.2, 0) is 4.79 Å². The predicted octanol–water partition coefficient (Wildman–Crippen LogP) is 0.101. The van der Waals surface area contributed by atoms with E-state index in [1.807, 2.05) is 7.05 Å². The van der Waals surface area contributed by atoms with Crippen LogP contribution >= 0.6 is 0 Å². The Morgan fingerprint density at radius 3 is 2.85 bits per heavy atom. The Labute approximate surface area is 122 Å². The van der Waals surface area contributed by atoms with Crippen molar-refractivity contribution in [2.75, 3.05) is 47.3 Å². The number of nitrogens with one attached hydrogen (secondary N) is 1. The molecule has 3 N–H and O–H groups in total. The van der Waals surface area contributed by atoms with E-state index in [-0.39, 0.29) is 5.91 Å². The summed E-state index contributed by atoms with van der Waals surface area (Å²) in [6, 6.07) is 0. The lowest BCUT2D eigenvalue weighted by Crippen LogP contribution is -2.47. The number of rotatable bonds is 6. The zero-order chi connectivity index (χ0) is 15.0. The summed E-state index contributed by atoms with van der Waals surface area (Å²) >= 11 is 0. The molecule has 6 heteroatoms. The quantitative estimate of drug-likeness (QED) is 0.412. The highest BCUT2D eigenvalue weighted by Crippen LogP contribution is 2.19. The first-order chi connectivity index (χ1) is 9.52. The Morgan fingerprint density at radius 1 is 1.50 bits per heavy atom. The topological polar surface area (TPSA) is 74.0 Å². The van der Waals surface area contributed by atoms with Gasteiger partial charge in [-0.05, 0) is 45.8 Å². The summed E-state index contributed by atoms with van der Waals surface area (Å²) < 4.78 is 0. The lowest BCUT2D eigenvalue weighted by Gasteiger charge is -2.34. The lowest BCUT2D eigenvalue weighted by molar-refractivity contribution is -0.119. The van der Waals surface area contributed by atoms with Gasteiger partial charge in [-0.1, -0.05) is 0 Å². The normalized spacial score (nSPS) is 20.3. The molecule has 1 fully saturated rings. The fourth-order valence-electron chi connectivity index (χ4n) is 2.64. The van der Waals surface area contributed by atoms with E-state index >= 15 is 0 Å². The summed E-state index contributed by atoms with van der Waals surface area (Å²) in [6.07, 6.45) is 3.74. The van der Waals surface area contributed by atoms with Crippen LogP contribution in [0.15, 0.2) is 4.99 Å². The number of piperidine rings is 1. The Hall–Kier alpha value is -1.30. The molecule has 0 aliphatic carbocycles. The van der Waals surface area contributed by atoms with Crippen molar-refractivity contribution < 1.29 is 4.79 Å². The maximum atomic E-state index is 11.0. The van der Waals surface area contributed by atoms with Crippen molar-refractivity contribution in [3.63, 3.8) is 0 Å². The number of nitrogens with two attached hydrogens (primary N) is 1. The minimum Gasteiger partial charge on any atom is -0.370 e. The molecule has 0 spiro atoms. The molecule has 1 unspecified atom stereocenters. The zero-order valence-corrected chi connectivity index (χ0v) is 13.1. The molecule has 0 aromatic heterocycles. The minimum absolute atomic E-state index is 0.203. The van der Waals surface area contributed by atoms with Crippen LogP contribution in [0, 0.1) is 5.92 Å². The molecule has 116 valence electrons. The van der Waals surface area contributed by atoms with E-state index in [4.69, 9.17) is 5.73 Å². The van der Waals surface area contributed by atoms with Crippen LogP contribution in [0.3, 0.4) is 0 Å². The Balaban J connectivity index is 2.38. The van der Waals surface area contributed by atoms with Crippen molar-refractivity contribution in [3.8, 4) is 0 Å². The summed E-state index contributed by atoms with van der Waals surface area (Å²) in [7, 11) is 5.97. The van der Waals surface area contributed by atoms with Crippen molar-refractivity contribution in [3.05, 3.63) is 0 Å². The monoisotopic (exact) mass is 283 g/mol. The molecule has 1 heterocycles. The van der Waals surface area contributed by atoms with Gasteiger partial charge >= 0.3 is 0 Å². The van der Waals surface area contributed by atoms with Gasteiger partial charge in [0.25, 0.3) is 0 Å². The molecule has 20 heavy (non-hydrogen) atoms. The van der Waals surface area contributed by atoms with Gasteiger partial charge in [0.2, 0.25) is 5.91 Å². The number of likely N-dealkylation sites (tertiary alicyclic amines) is 1. The van der Waals surface area contributed by atoms with Crippen LogP contribution in [0.25, 0.3) is 0 Å². The van der Waals surface area contributed by atoms with Gasteiger partial charge in [0.05, 0.1) is 0 Å². The molecular weight excluding hydrogens is 254 g/mol. The smallest absolute Gasteiger partial charge is 0.217 e. The second-order valence-electron chi connectivity index (χ2n) is 5.76. The van der Waals surface area contributed by atoms with Gasteiger partial charge in [0.1, 0.15) is 0 Å². The molecule has 0 aromatic carbocycles. The first-order valence-electron chi connectivity index (χ1n) is 7.41. The number of nitrogens with zero attached hydrogens (tertiary/aromatic N) is 3. The van der Waals surface area contributed by atoms with Gasteiger partial charge in [0.15, 0.2) is 5.96 Å². The molecular formula is C14H29N5O. The fraction of sp³-hybridized carbons (Fsp3) is 0.857. The fourth-order valence-corrected chi connectivity index (χ4v) is 2.64. The van der Waals surface area contributed by atoms with Gasteiger partial charge in [-0.15, -0.1) is 0 Å². The first kappa shape index (κ1) is 16.8. The number of hydrogen-bond donors (Lipinski definition) is 2. The molecule has 1 saturated heterocycles. The molecule has 6 nitrogen and oxygen atoms in total. The van der Waals surface area contributed by atoms with Gasteiger partial charge < -0.3 is 20.9 Å². The highest BCUT2D eigenvalue weighted by molar-refractivity contribution is 5.80. The molecule has 0 aromatic rings. The van der Waals surface area contributed by atoms with Crippen molar-refractivity contribution in [2.24, 2.45) is 16.6 Å². The number of hydrogen-bond acceptors (Lipinski definition) is 3. The van der Waals surface area contributed by atoms with Crippen molar-refractivity contribution in [2.45, 2.75) is 25.7 Å². The standard InChI is InChI=1S/C14H29N5O/c1-16-14(17-7-5-8-18(2)3)19-9-4-6-12(11-19)10-13(15)20/h12H,4-11H2,1-3H3,(H2,15,20)(H,16,17). The number of guanidine groups is 1. The van der Waals surface area contributed by atoms with Crippen LogP contribution in [0.2, 0.25) is 0 Å². The highest BCUT2D eigenvalue weighted by Gasteiger charge is 2.23. The summed E-state index contributed by atoms with van der Waals surface area (Å²) in [4.78, 5) is 19.8. The van der Waals surface area contributed by atoms with E-state index in [1.165, 1.54) is 0 Å². The molecule has 1 aliphatic rings. The average molecular weight is 283 g/mol. The molecule has 1 atom stereocenters. The van der Waals surface area contributed by atoms with Crippen molar-refractivity contribution in [1.82, 2.24) is 15.1 Å². The van der Waals surface area contributed by atoms with Gasteiger partial charge in [0, 0.05) is 33.1 Å².